The third-order valence-corrected chi connectivity index (χ3v) is 8.45. The second-order valence-corrected chi connectivity index (χ2v) is 10.9. The number of aliphatic hydroxyl groups is 2. The lowest BCUT2D eigenvalue weighted by Gasteiger charge is -2.40. The number of carbonyl (C=O) groups is 1. The number of aliphatic hydroxyl groups excluding tert-OH is 2. The van der Waals surface area contributed by atoms with Gasteiger partial charge in [-0.1, -0.05) is 17.3 Å². The average molecular weight is 552 g/mol. The Kier molecular flexibility index (Phi) is 6.32. The van der Waals surface area contributed by atoms with Crippen molar-refractivity contribution < 1.29 is 33.6 Å². The summed E-state index contributed by atoms with van der Waals surface area (Å²) in [5, 5.41) is 29.1. The van der Waals surface area contributed by atoms with Crippen LogP contribution >= 0.6 is 0 Å². The average Bonchev–Trinajstić information content (AvgIpc) is 3.77. The molecule has 6 atom stereocenters. The normalized spacial score (nSPS) is 28.9. The first-order valence-corrected chi connectivity index (χ1v) is 13.5. The van der Waals surface area contributed by atoms with E-state index in [1.165, 1.54) is 16.8 Å². The van der Waals surface area contributed by atoms with Crippen molar-refractivity contribution >= 4 is 11.6 Å². The second-order valence-electron chi connectivity index (χ2n) is 10.9. The number of amides is 1. The molecule has 12 heteroatoms. The summed E-state index contributed by atoms with van der Waals surface area (Å²) in [4.78, 5) is 17.7. The first-order chi connectivity index (χ1) is 19.5. The van der Waals surface area contributed by atoms with E-state index in [0.717, 1.165) is 30.2 Å². The number of hydrogen-bond acceptors (Lipinski definition) is 9. The Morgan fingerprint density at radius 1 is 1.07 bits per heavy atom. The highest BCUT2D eigenvalue weighted by Crippen LogP contribution is 2.41. The van der Waals surface area contributed by atoms with Crippen LogP contribution in [0.2, 0.25) is 0 Å². The Hall–Kier alpha value is -3.74. The first kappa shape index (κ1) is 25.2. The molecule has 2 bridgehead atoms. The maximum atomic E-state index is 13.7. The van der Waals surface area contributed by atoms with Crippen LogP contribution in [0.4, 0.5) is 10.1 Å². The van der Waals surface area contributed by atoms with E-state index in [1.807, 2.05) is 23.1 Å². The molecule has 0 saturated carbocycles. The van der Waals surface area contributed by atoms with Crippen molar-refractivity contribution in [3.63, 3.8) is 0 Å². The van der Waals surface area contributed by atoms with Crippen molar-refractivity contribution in [2.24, 2.45) is 0 Å². The molecule has 0 spiro atoms. The van der Waals surface area contributed by atoms with Gasteiger partial charge in [-0.25, -0.2) is 9.07 Å². The number of fused-ring (bicyclic) bond motifs is 3. The maximum absolute atomic E-state index is 13.7. The number of anilines is 1. The number of aromatic nitrogens is 3. The molecule has 2 aromatic carbocycles. The van der Waals surface area contributed by atoms with E-state index in [0.29, 0.717) is 24.2 Å². The van der Waals surface area contributed by atoms with E-state index >= 15 is 0 Å². The van der Waals surface area contributed by atoms with E-state index in [-0.39, 0.29) is 37.0 Å². The SMILES string of the molecule is O=C(C[C@H]1C[C@@H](n2cc(-c3cccc(F)c3)nn2)[C@@H](O)[C@@H](CO)O1)N1C[C@@H]2C[C@H]1CN2c1ccc2c(c1)OCO2. The van der Waals surface area contributed by atoms with Crippen molar-refractivity contribution in [1.29, 1.82) is 0 Å². The number of halogens is 1. The van der Waals surface area contributed by atoms with Gasteiger partial charge in [-0.15, -0.1) is 5.10 Å². The lowest BCUT2D eigenvalue weighted by molar-refractivity contribution is -0.165. The Morgan fingerprint density at radius 2 is 1.95 bits per heavy atom. The van der Waals surface area contributed by atoms with Crippen LogP contribution in [0.5, 0.6) is 11.5 Å². The predicted molar refractivity (Wildman–Crippen MR) is 139 cm³/mol. The summed E-state index contributed by atoms with van der Waals surface area (Å²) in [7, 11) is 0. The summed E-state index contributed by atoms with van der Waals surface area (Å²) in [5.74, 6) is 1.10. The summed E-state index contributed by atoms with van der Waals surface area (Å²) < 4.78 is 32.1. The zero-order valence-corrected chi connectivity index (χ0v) is 21.7. The molecule has 4 aliphatic heterocycles. The van der Waals surface area contributed by atoms with Crippen LogP contribution in [0.25, 0.3) is 11.3 Å². The molecule has 1 amide bonds. The van der Waals surface area contributed by atoms with Crippen LogP contribution in [0.1, 0.15) is 25.3 Å². The topological polar surface area (TPSA) is 122 Å². The summed E-state index contributed by atoms with van der Waals surface area (Å²) >= 11 is 0. The van der Waals surface area contributed by atoms with Gasteiger partial charge in [0, 0.05) is 36.4 Å². The zero-order valence-electron chi connectivity index (χ0n) is 21.7. The van der Waals surface area contributed by atoms with Crippen LogP contribution in [0.15, 0.2) is 48.7 Å². The predicted octanol–water partition coefficient (Wildman–Crippen LogP) is 1.74. The van der Waals surface area contributed by atoms with Gasteiger partial charge in [0.1, 0.15) is 23.7 Å². The van der Waals surface area contributed by atoms with Crippen molar-refractivity contribution in [2.75, 3.05) is 31.4 Å². The minimum absolute atomic E-state index is 0.00583. The van der Waals surface area contributed by atoms with Crippen molar-refractivity contribution in [1.82, 2.24) is 19.9 Å². The molecule has 40 heavy (non-hydrogen) atoms. The number of piperazine rings is 1. The van der Waals surface area contributed by atoms with E-state index < -0.39 is 31.0 Å². The van der Waals surface area contributed by atoms with E-state index in [9.17, 15) is 19.4 Å². The minimum atomic E-state index is -1.04. The number of benzene rings is 2. The lowest BCUT2D eigenvalue weighted by Crippen LogP contribution is -2.51. The highest BCUT2D eigenvalue weighted by molar-refractivity contribution is 5.78. The fourth-order valence-corrected chi connectivity index (χ4v) is 6.47. The van der Waals surface area contributed by atoms with Gasteiger partial charge in [0.25, 0.3) is 0 Å². The molecule has 0 aliphatic carbocycles. The lowest BCUT2D eigenvalue weighted by atomic mass is 9.93. The number of hydrogen-bond donors (Lipinski definition) is 2. The van der Waals surface area contributed by atoms with E-state index in [2.05, 4.69) is 15.2 Å². The van der Waals surface area contributed by atoms with Crippen LogP contribution in [-0.2, 0) is 9.53 Å². The Bertz CT molecular complexity index is 1420. The maximum Gasteiger partial charge on any atom is 0.231 e. The molecule has 0 unspecified atom stereocenters. The zero-order chi connectivity index (χ0) is 27.4. The molecule has 7 rings (SSSR count). The van der Waals surface area contributed by atoms with Crippen LogP contribution in [0, 0.1) is 5.82 Å². The molecule has 2 N–H and O–H groups in total. The number of ether oxygens (including phenoxy) is 3. The monoisotopic (exact) mass is 551 g/mol. The van der Waals surface area contributed by atoms with E-state index in [4.69, 9.17) is 14.2 Å². The quantitative estimate of drug-likeness (QED) is 0.472. The number of nitrogens with zero attached hydrogens (tertiary/aromatic N) is 5. The Morgan fingerprint density at radius 3 is 2.75 bits per heavy atom. The Balaban J connectivity index is 1.02. The first-order valence-electron chi connectivity index (χ1n) is 13.5. The summed E-state index contributed by atoms with van der Waals surface area (Å²) in [6.07, 6.45) is 0.578. The third kappa shape index (κ3) is 4.45. The molecule has 3 aromatic rings. The second kappa shape index (κ2) is 10.0. The van der Waals surface area contributed by atoms with Crippen molar-refractivity contribution in [2.45, 2.75) is 55.7 Å². The van der Waals surface area contributed by atoms with Gasteiger partial charge in [-0.05, 0) is 37.1 Å². The number of likely N-dealkylation sites (tertiary alicyclic amines) is 1. The van der Waals surface area contributed by atoms with Gasteiger partial charge in [-0.2, -0.15) is 0 Å². The molecule has 0 radical (unpaired) electrons. The summed E-state index contributed by atoms with van der Waals surface area (Å²) in [6, 6.07) is 11.7. The largest absolute Gasteiger partial charge is 0.454 e. The number of rotatable bonds is 6. The van der Waals surface area contributed by atoms with Crippen LogP contribution in [-0.4, -0.2) is 92.9 Å². The van der Waals surface area contributed by atoms with Gasteiger partial charge in [-0.3, -0.25) is 4.79 Å². The molecule has 210 valence electrons. The van der Waals surface area contributed by atoms with Crippen molar-refractivity contribution in [3.8, 4) is 22.8 Å². The summed E-state index contributed by atoms with van der Waals surface area (Å²) in [5.41, 5.74) is 2.09. The molecular formula is C28H30FN5O6. The van der Waals surface area contributed by atoms with Gasteiger partial charge in [0.15, 0.2) is 11.5 Å². The van der Waals surface area contributed by atoms with Crippen LogP contribution < -0.4 is 14.4 Å². The molecule has 5 heterocycles. The minimum Gasteiger partial charge on any atom is -0.454 e. The fraction of sp³-hybridized carbons (Fsp3) is 0.464. The number of carbonyl (C=O) groups excluding carboxylic acids is 1. The fourth-order valence-electron chi connectivity index (χ4n) is 6.47. The van der Waals surface area contributed by atoms with E-state index in [1.54, 1.807) is 18.3 Å². The highest BCUT2D eigenvalue weighted by Gasteiger charge is 2.47. The standard InChI is InChI=1S/C28H30FN5O6/c29-17-3-1-2-16(6-17)22-13-34(31-30-22)23-9-21(40-26(14-35)28(23)37)10-27(36)33-12-19-7-20(33)11-32(19)18-4-5-24-25(8-18)39-15-38-24/h1-6,8,13,19-21,23,26,28,35,37H,7,9-12,14-15H2/t19-,20-,21+,23+,26+,28+/m0/s1. The molecule has 4 aliphatic rings. The smallest absolute Gasteiger partial charge is 0.231 e. The summed E-state index contributed by atoms with van der Waals surface area (Å²) in [6.45, 7) is 1.20. The molecule has 3 saturated heterocycles. The van der Waals surface area contributed by atoms with Gasteiger partial charge < -0.3 is 34.2 Å². The van der Waals surface area contributed by atoms with Gasteiger partial charge >= 0.3 is 0 Å². The molecule has 1 aromatic heterocycles. The highest BCUT2D eigenvalue weighted by atomic mass is 19.1. The molecular weight excluding hydrogens is 521 g/mol. The van der Waals surface area contributed by atoms with Gasteiger partial charge in [0.05, 0.1) is 37.4 Å². The third-order valence-electron chi connectivity index (χ3n) is 8.45. The molecule has 3 fully saturated rings. The Labute approximate surface area is 229 Å². The van der Waals surface area contributed by atoms with Gasteiger partial charge in [0.2, 0.25) is 12.7 Å². The van der Waals surface area contributed by atoms with Crippen molar-refractivity contribution in [3.05, 3.63) is 54.5 Å². The molecule has 11 nitrogen and oxygen atoms in total. The van der Waals surface area contributed by atoms with Crippen LogP contribution in [0.3, 0.4) is 0 Å².